The summed E-state index contributed by atoms with van der Waals surface area (Å²) in [4.78, 5) is 4.42. The molecule has 1 aromatic heterocycles. The van der Waals surface area contributed by atoms with Crippen molar-refractivity contribution in [2.24, 2.45) is 0 Å². The van der Waals surface area contributed by atoms with Gasteiger partial charge in [-0.2, -0.15) is 0 Å². The molecule has 0 aliphatic carbocycles. The quantitative estimate of drug-likeness (QED) is 0.760. The van der Waals surface area contributed by atoms with E-state index in [1.807, 2.05) is 42.5 Å². The van der Waals surface area contributed by atoms with E-state index in [1.54, 1.807) is 23.2 Å². The summed E-state index contributed by atoms with van der Waals surface area (Å²) >= 11 is 0. The zero-order valence-corrected chi connectivity index (χ0v) is 15.0. The van der Waals surface area contributed by atoms with E-state index in [2.05, 4.69) is 44.5 Å². The largest absolute Gasteiger partial charge is 0.373 e. The summed E-state index contributed by atoms with van der Waals surface area (Å²) in [5, 5.41) is 11.8. The Balaban J connectivity index is 2.21. The van der Waals surface area contributed by atoms with Crippen LogP contribution < -0.4 is 0 Å². The minimum atomic E-state index is -1.35. The zero-order chi connectivity index (χ0) is 18.1. The van der Waals surface area contributed by atoms with Gasteiger partial charge in [-0.05, 0) is 22.1 Å². The van der Waals surface area contributed by atoms with Gasteiger partial charge in [-0.1, -0.05) is 81.9 Å². The lowest BCUT2D eigenvalue weighted by Crippen LogP contribution is -2.32. The van der Waals surface area contributed by atoms with E-state index < -0.39 is 5.60 Å². The highest BCUT2D eigenvalue weighted by Gasteiger charge is 2.37. The molecular weight excluding hydrogens is 308 g/mol. The third-order valence-electron chi connectivity index (χ3n) is 4.55. The van der Waals surface area contributed by atoms with Crippen LogP contribution in [0.3, 0.4) is 0 Å². The first-order valence-electron chi connectivity index (χ1n) is 8.42. The van der Waals surface area contributed by atoms with Crippen LogP contribution in [0, 0.1) is 0 Å². The highest BCUT2D eigenvalue weighted by atomic mass is 16.3. The van der Waals surface area contributed by atoms with Crippen molar-refractivity contribution < 1.29 is 5.11 Å². The fourth-order valence-electron chi connectivity index (χ4n) is 3.06. The van der Waals surface area contributed by atoms with Gasteiger partial charge in [0, 0.05) is 18.6 Å². The van der Waals surface area contributed by atoms with E-state index in [4.69, 9.17) is 0 Å². The van der Waals surface area contributed by atoms with Crippen molar-refractivity contribution in [3.8, 4) is 0 Å². The number of imidazole rings is 1. The molecule has 0 bridgehead atoms. The summed E-state index contributed by atoms with van der Waals surface area (Å²) in [6, 6.07) is 17.7. The van der Waals surface area contributed by atoms with Crippen LogP contribution in [0.1, 0.15) is 43.3 Å². The summed E-state index contributed by atoms with van der Waals surface area (Å²) < 4.78 is 1.75. The molecule has 0 amide bonds. The Kier molecular flexibility index (Phi) is 4.36. The van der Waals surface area contributed by atoms with E-state index >= 15 is 0 Å². The number of nitrogens with zero attached hydrogens (tertiary/aromatic N) is 2. The molecule has 1 N–H and O–H groups in total. The topological polar surface area (TPSA) is 38.0 Å². The lowest BCUT2D eigenvalue weighted by molar-refractivity contribution is 0.114. The molecule has 0 unspecified atom stereocenters. The van der Waals surface area contributed by atoms with E-state index in [0.29, 0.717) is 5.82 Å². The first kappa shape index (κ1) is 17.2. The third kappa shape index (κ3) is 3.03. The van der Waals surface area contributed by atoms with E-state index in [0.717, 1.165) is 11.1 Å². The number of rotatable bonds is 4. The van der Waals surface area contributed by atoms with Gasteiger partial charge < -0.3 is 9.67 Å². The van der Waals surface area contributed by atoms with Gasteiger partial charge in [-0.3, -0.25) is 0 Å². The monoisotopic (exact) mass is 332 g/mol. The zero-order valence-electron chi connectivity index (χ0n) is 15.0. The maximum atomic E-state index is 11.8. The molecule has 3 nitrogen and oxygen atoms in total. The number of benzene rings is 2. The maximum Gasteiger partial charge on any atom is 0.173 e. The maximum absolute atomic E-state index is 11.8. The van der Waals surface area contributed by atoms with E-state index in [1.165, 1.54) is 5.56 Å². The average molecular weight is 332 g/mol. The minimum absolute atomic E-state index is 0.0585. The normalized spacial score (nSPS) is 14.1. The molecule has 0 fully saturated rings. The van der Waals surface area contributed by atoms with Crippen molar-refractivity contribution in [2.75, 3.05) is 0 Å². The van der Waals surface area contributed by atoms with Gasteiger partial charge in [0.15, 0.2) is 11.4 Å². The Morgan fingerprint density at radius 1 is 0.920 bits per heavy atom. The molecule has 1 heterocycles. The van der Waals surface area contributed by atoms with Gasteiger partial charge in [0.25, 0.3) is 0 Å². The molecule has 2 aromatic carbocycles. The highest BCUT2D eigenvalue weighted by molar-refractivity contribution is 5.45. The molecule has 1 atom stereocenters. The Hall–Kier alpha value is -2.65. The minimum Gasteiger partial charge on any atom is -0.373 e. The molecule has 0 aliphatic heterocycles. The van der Waals surface area contributed by atoms with Crippen LogP contribution in [-0.2, 0) is 11.0 Å². The smallest absolute Gasteiger partial charge is 0.173 e. The summed E-state index contributed by atoms with van der Waals surface area (Å²) in [6.45, 7) is 10.4. The van der Waals surface area contributed by atoms with Gasteiger partial charge in [-0.15, -0.1) is 0 Å². The Morgan fingerprint density at radius 3 is 2.04 bits per heavy atom. The van der Waals surface area contributed by atoms with Crippen molar-refractivity contribution in [1.29, 1.82) is 0 Å². The second-order valence-electron chi connectivity index (χ2n) is 7.24. The standard InChI is InChI=1S/C22H24N2O/c1-5-24-16-15-23-20(24)22(25,18-9-7-6-8-10-18)19-13-11-17(12-14-19)21(2,3)4/h5-16,25H,1H2,2-4H3/t22-/m0/s1. The first-order valence-corrected chi connectivity index (χ1v) is 8.42. The van der Waals surface area contributed by atoms with E-state index in [-0.39, 0.29) is 5.41 Å². The average Bonchev–Trinajstić information content (AvgIpc) is 3.10. The number of hydrogen-bond acceptors (Lipinski definition) is 2. The second kappa shape index (κ2) is 6.34. The molecule has 0 saturated carbocycles. The van der Waals surface area contributed by atoms with Gasteiger partial charge in [-0.25, -0.2) is 4.98 Å². The molecular formula is C22H24N2O. The predicted octanol–water partition coefficient (Wildman–Crippen LogP) is 4.57. The number of aliphatic hydroxyl groups is 1. The van der Waals surface area contributed by atoms with Gasteiger partial charge in [0.2, 0.25) is 0 Å². The van der Waals surface area contributed by atoms with Crippen LogP contribution in [0.5, 0.6) is 0 Å². The number of aromatic nitrogens is 2. The Labute approximate surface area is 149 Å². The molecule has 3 heteroatoms. The summed E-state index contributed by atoms with van der Waals surface area (Å²) in [5.74, 6) is 0.525. The molecule has 128 valence electrons. The third-order valence-corrected chi connectivity index (χ3v) is 4.55. The lowest BCUT2D eigenvalue weighted by atomic mass is 9.82. The van der Waals surface area contributed by atoms with E-state index in [9.17, 15) is 5.11 Å². The van der Waals surface area contributed by atoms with Crippen molar-refractivity contribution in [2.45, 2.75) is 31.8 Å². The van der Waals surface area contributed by atoms with Gasteiger partial charge in [0.05, 0.1) is 0 Å². The predicted molar refractivity (Wildman–Crippen MR) is 102 cm³/mol. The molecule has 0 aliphatic rings. The van der Waals surface area contributed by atoms with Crippen LogP contribution in [0.4, 0.5) is 0 Å². The van der Waals surface area contributed by atoms with Gasteiger partial charge in [0.1, 0.15) is 0 Å². The Bertz CT molecular complexity index is 857. The molecule has 0 radical (unpaired) electrons. The fourth-order valence-corrected chi connectivity index (χ4v) is 3.06. The molecule has 25 heavy (non-hydrogen) atoms. The first-order chi connectivity index (χ1) is 11.9. The summed E-state index contributed by atoms with van der Waals surface area (Å²) in [6.07, 6.45) is 5.12. The van der Waals surface area contributed by atoms with Crippen molar-refractivity contribution >= 4 is 6.20 Å². The van der Waals surface area contributed by atoms with Gasteiger partial charge >= 0.3 is 0 Å². The van der Waals surface area contributed by atoms with Crippen LogP contribution in [-0.4, -0.2) is 14.7 Å². The molecule has 0 saturated heterocycles. The Morgan fingerprint density at radius 2 is 1.48 bits per heavy atom. The van der Waals surface area contributed by atoms with Crippen LogP contribution in [0.15, 0.2) is 73.6 Å². The second-order valence-corrected chi connectivity index (χ2v) is 7.24. The van der Waals surface area contributed by atoms with Crippen LogP contribution >= 0.6 is 0 Å². The SMILES string of the molecule is C=Cn1ccnc1[C@](O)(c1ccccc1)c1ccc(C(C)(C)C)cc1. The summed E-state index contributed by atoms with van der Waals surface area (Å²) in [5.41, 5.74) is 1.48. The molecule has 0 spiro atoms. The van der Waals surface area contributed by atoms with Crippen LogP contribution in [0.2, 0.25) is 0 Å². The summed E-state index contributed by atoms with van der Waals surface area (Å²) in [7, 11) is 0. The molecule has 3 rings (SSSR count). The number of hydrogen-bond donors (Lipinski definition) is 1. The fraction of sp³-hybridized carbons (Fsp3) is 0.227. The van der Waals surface area contributed by atoms with Crippen molar-refractivity contribution in [3.05, 3.63) is 96.1 Å². The van der Waals surface area contributed by atoms with Crippen molar-refractivity contribution in [1.82, 2.24) is 9.55 Å². The van der Waals surface area contributed by atoms with Crippen molar-refractivity contribution in [3.63, 3.8) is 0 Å². The highest BCUT2D eigenvalue weighted by Crippen LogP contribution is 2.36. The molecule has 3 aromatic rings. The lowest BCUT2D eigenvalue weighted by Gasteiger charge is -2.30. The van der Waals surface area contributed by atoms with Crippen LogP contribution in [0.25, 0.3) is 6.20 Å².